The van der Waals surface area contributed by atoms with Crippen molar-refractivity contribution in [3.8, 4) is 0 Å². The molecule has 96 valence electrons. The van der Waals surface area contributed by atoms with Crippen molar-refractivity contribution in [2.24, 2.45) is 0 Å². The molecule has 1 aromatic carbocycles. The molecule has 0 aliphatic carbocycles. The summed E-state index contributed by atoms with van der Waals surface area (Å²) in [4.78, 5) is 6.74. The van der Waals surface area contributed by atoms with Gasteiger partial charge in [-0.2, -0.15) is 0 Å². The van der Waals surface area contributed by atoms with Gasteiger partial charge in [-0.15, -0.1) is 11.3 Å². The minimum atomic E-state index is -0.573. The summed E-state index contributed by atoms with van der Waals surface area (Å²) < 4.78 is 0. The fourth-order valence-electron chi connectivity index (χ4n) is 2.36. The normalized spacial score (nSPS) is 12.8. The Bertz CT molecular complexity index is 732. The van der Waals surface area contributed by atoms with Crippen LogP contribution in [0.5, 0.6) is 0 Å². The maximum Gasteiger partial charge on any atom is 0.105 e. The van der Waals surface area contributed by atoms with E-state index in [9.17, 15) is 5.11 Å². The van der Waals surface area contributed by atoms with Gasteiger partial charge in [-0.1, -0.05) is 18.2 Å². The van der Waals surface area contributed by atoms with E-state index >= 15 is 0 Å². The Morgan fingerprint density at radius 2 is 2.00 bits per heavy atom. The van der Waals surface area contributed by atoms with Gasteiger partial charge in [-0.25, -0.2) is 0 Å². The molecule has 0 amide bonds. The average molecular weight is 269 g/mol. The molecule has 1 unspecified atom stereocenters. The maximum absolute atomic E-state index is 10.5. The van der Waals surface area contributed by atoms with E-state index in [2.05, 4.69) is 24.9 Å². The standard InChI is InChI=1S/C16H15NOS/c1-10-8-14(11(2)19-10)16(18)13-6-5-12-4-3-7-17-15(12)9-13/h3-9,16,18H,1-2H3. The van der Waals surface area contributed by atoms with Gasteiger partial charge >= 0.3 is 0 Å². The van der Waals surface area contributed by atoms with Crippen LogP contribution in [0, 0.1) is 13.8 Å². The largest absolute Gasteiger partial charge is 0.384 e. The van der Waals surface area contributed by atoms with Gasteiger partial charge in [0.2, 0.25) is 0 Å². The van der Waals surface area contributed by atoms with Crippen molar-refractivity contribution in [2.75, 3.05) is 0 Å². The Hall–Kier alpha value is -1.71. The Kier molecular flexibility index (Phi) is 3.09. The van der Waals surface area contributed by atoms with Gasteiger partial charge in [0.25, 0.3) is 0 Å². The number of aryl methyl sites for hydroxylation is 2. The number of thiophene rings is 1. The maximum atomic E-state index is 10.5. The van der Waals surface area contributed by atoms with Gasteiger partial charge in [0, 0.05) is 21.3 Å². The highest BCUT2D eigenvalue weighted by molar-refractivity contribution is 7.12. The number of rotatable bonds is 2. The lowest BCUT2D eigenvalue weighted by Gasteiger charge is -2.11. The second kappa shape index (κ2) is 4.76. The van der Waals surface area contributed by atoms with E-state index < -0.39 is 6.10 Å². The zero-order valence-electron chi connectivity index (χ0n) is 10.9. The summed E-state index contributed by atoms with van der Waals surface area (Å²) in [6.45, 7) is 4.12. The van der Waals surface area contributed by atoms with Crippen LogP contribution in [0.2, 0.25) is 0 Å². The molecule has 2 heterocycles. The fraction of sp³-hybridized carbons (Fsp3) is 0.188. The molecule has 0 saturated carbocycles. The molecule has 1 N–H and O–H groups in total. The second-order valence-electron chi connectivity index (χ2n) is 4.73. The van der Waals surface area contributed by atoms with E-state index in [1.807, 2.05) is 30.3 Å². The summed E-state index contributed by atoms with van der Waals surface area (Å²) in [7, 11) is 0. The third kappa shape index (κ3) is 2.27. The molecule has 0 bridgehead atoms. The van der Waals surface area contributed by atoms with Crippen molar-refractivity contribution >= 4 is 22.2 Å². The molecular formula is C16H15NOS. The van der Waals surface area contributed by atoms with Crippen LogP contribution in [-0.2, 0) is 0 Å². The van der Waals surface area contributed by atoms with E-state index in [1.54, 1.807) is 17.5 Å². The van der Waals surface area contributed by atoms with Crippen LogP contribution in [0.4, 0.5) is 0 Å². The van der Waals surface area contributed by atoms with Crippen molar-refractivity contribution in [3.05, 3.63) is 63.5 Å². The van der Waals surface area contributed by atoms with Crippen LogP contribution in [0.3, 0.4) is 0 Å². The first-order valence-electron chi connectivity index (χ1n) is 6.25. The molecule has 3 rings (SSSR count). The van der Waals surface area contributed by atoms with Crippen LogP contribution in [0.25, 0.3) is 10.9 Å². The fourth-order valence-corrected chi connectivity index (χ4v) is 3.31. The predicted molar refractivity (Wildman–Crippen MR) is 79.6 cm³/mol. The highest BCUT2D eigenvalue weighted by atomic mass is 32.1. The van der Waals surface area contributed by atoms with Crippen molar-refractivity contribution in [1.82, 2.24) is 4.98 Å². The summed E-state index contributed by atoms with van der Waals surface area (Å²) in [6, 6.07) is 12.0. The topological polar surface area (TPSA) is 33.1 Å². The number of fused-ring (bicyclic) bond motifs is 1. The van der Waals surface area contributed by atoms with Crippen molar-refractivity contribution in [2.45, 2.75) is 20.0 Å². The Labute approximate surface area is 116 Å². The van der Waals surface area contributed by atoms with Crippen LogP contribution < -0.4 is 0 Å². The van der Waals surface area contributed by atoms with Gasteiger partial charge in [0.1, 0.15) is 6.10 Å². The molecule has 0 aliphatic heterocycles. The average Bonchev–Trinajstić information content (AvgIpc) is 2.76. The van der Waals surface area contributed by atoms with Crippen LogP contribution in [0.1, 0.15) is 27.0 Å². The summed E-state index contributed by atoms with van der Waals surface area (Å²) in [6.07, 6.45) is 1.20. The Balaban J connectivity index is 2.06. The molecule has 2 aromatic heterocycles. The molecule has 19 heavy (non-hydrogen) atoms. The lowest BCUT2D eigenvalue weighted by atomic mass is 10.0. The number of aliphatic hydroxyl groups is 1. The Morgan fingerprint density at radius 3 is 2.74 bits per heavy atom. The Morgan fingerprint density at radius 1 is 1.16 bits per heavy atom. The number of hydrogen-bond acceptors (Lipinski definition) is 3. The highest BCUT2D eigenvalue weighted by Crippen LogP contribution is 2.31. The lowest BCUT2D eigenvalue weighted by molar-refractivity contribution is 0.220. The number of aromatic nitrogens is 1. The van der Waals surface area contributed by atoms with Gasteiger partial charge in [-0.05, 0) is 43.2 Å². The molecule has 3 heteroatoms. The molecule has 1 atom stereocenters. The van der Waals surface area contributed by atoms with E-state index in [4.69, 9.17) is 0 Å². The minimum Gasteiger partial charge on any atom is -0.384 e. The molecule has 0 aliphatic rings. The molecule has 0 saturated heterocycles. The van der Waals surface area contributed by atoms with Crippen molar-refractivity contribution in [1.29, 1.82) is 0 Å². The van der Waals surface area contributed by atoms with Gasteiger partial charge < -0.3 is 5.11 Å². The third-order valence-electron chi connectivity index (χ3n) is 3.32. The third-order valence-corrected chi connectivity index (χ3v) is 4.30. The first-order valence-corrected chi connectivity index (χ1v) is 7.06. The quantitative estimate of drug-likeness (QED) is 0.763. The van der Waals surface area contributed by atoms with Crippen LogP contribution >= 0.6 is 11.3 Å². The number of nitrogens with zero attached hydrogens (tertiary/aromatic N) is 1. The summed E-state index contributed by atoms with van der Waals surface area (Å²) >= 11 is 1.72. The zero-order chi connectivity index (χ0) is 13.4. The summed E-state index contributed by atoms with van der Waals surface area (Å²) in [5, 5.41) is 11.6. The number of benzene rings is 1. The van der Waals surface area contributed by atoms with Gasteiger partial charge in [0.15, 0.2) is 0 Å². The first-order chi connectivity index (χ1) is 9.15. The monoisotopic (exact) mass is 269 g/mol. The summed E-state index contributed by atoms with van der Waals surface area (Å²) in [5.41, 5.74) is 2.81. The molecule has 0 fully saturated rings. The summed E-state index contributed by atoms with van der Waals surface area (Å²) in [5.74, 6) is 0. The van der Waals surface area contributed by atoms with Crippen molar-refractivity contribution < 1.29 is 5.11 Å². The zero-order valence-corrected chi connectivity index (χ0v) is 11.7. The number of hydrogen-bond donors (Lipinski definition) is 1. The molecule has 0 spiro atoms. The smallest absolute Gasteiger partial charge is 0.105 e. The lowest BCUT2D eigenvalue weighted by Crippen LogP contribution is -1.99. The van der Waals surface area contributed by atoms with E-state index in [1.165, 1.54) is 9.75 Å². The molecule has 3 aromatic rings. The number of pyridine rings is 1. The minimum absolute atomic E-state index is 0.573. The highest BCUT2D eigenvalue weighted by Gasteiger charge is 2.15. The predicted octanol–water partition coefficient (Wildman–Crippen LogP) is 3.99. The second-order valence-corrected chi connectivity index (χ2v) is 6.19. The van der Waals surface area contributed by atoms with Crippen LogP contribution in [0.15, 0.2) is 42.6 Å². The molecule has 2 nitrogen and oxygen atoms in total. The van der Waals surface area contributed by atoms with Crippen molar-refractivity contribution in [3.63, 3.8) is 0 Å². The van der Waals surface area contributed by atoms with Crippen LogP contribution in [-0.4, -0.2) is 10.1 Å². The first kappa shape index (κ1) is 12.3. The molecule has 0 radical (unpaired) electrons. The van der Waals surface area contributed by atoms with E-state index in [-0.39, 0.29) is 0 Å². The van der Waals surface area contributed by atoms with E-state index in [0.717, 1.165) is 22.0 Å². The van der Waals surface area contributed by atoms with Gasteiger partial charge in [0.05, 0.1) is 5.52 Å². The molecular weight excluding hydrogens is 254 g/mol. The number of aliphatic hydroxyl groups excluding tert-OH is 1. The van der Waals surface area contributed by atoms with Gasteiger partial charge in [-0.3, -0.25) is 4.98 Å². The van der Waals surface area contributed by atoms with E-state index in [0.29, 0.717) is 0 Å². The SMILES string of the molecule is Cc1cc(C(O)c2ccc3cccnc3c2)c(C)s1.